The Morgan fingerprint density at radius 3 is 2.11 bits per heavy atom. The summed E-state index contributed by atoms with van der Waals surface area (Å²) in [6.45, 7) is 7.79. The van der Waals surface area contributed by atoms with E-state index in [1.807, 2.05) is 88.4 Å². The van der Waals surface area contributed by atoms with Crippen LogP contribution in [-0.4, -0.2) is 15.9 Å². The molecule has 1 heterocycles. The molecule has 0 atom stereocenters. The lowest BCUT2D eigenvalue weighted by Crippen LogP contribution is -2.34. The molecule has 138 valence electrons. The monoisotopic (exact) mass is 377 g/mol. The molecular formula is C22H23N3OS. The van der Waals surface area contributed by atoms with Crippen LogP contribution in [0, 0.1) is 13.8 Å². The van der Waals surface area contributed by atoms with Crippen molar-refractivity contribution in [1.29, 1.82) is 0 Å². The van der Waals surface area contributed by atoms with Gasteiger partial charge in [-0.05, 0) is 75.4 Å². The van der Waals surface area contributed by atoms with Gasteiger partial charge in [-0.2, -0.15) is 0 Å². The van der Waals surface area contributed by atoms with Gasteiger partial charge in [0.1, 0.15) is 0 Å². The van der Waals surface area contributed by atoms with Crippen LogP contribution in [0.1, 0.15) is 30.8 Å². The molecule has 0 saturated heterocycles. The summed E-state index contributed by atoms with van der Waals surface area (Å²) in [7, 11) is 0. The molecule has 3 rings (SSSR count). The Labute approximate surface area is 164 Å². The SMILES string of the molecule is Cc1cc(C)nc(Sc2ccc(NC(=O)C(C)(C)c3ccccc3)cc2)n1. The Morgan fingerprint density at radius 1 is 0.926 bits per heavy atom. The fourth-order valence-electron chi connectivity index (χ4n) is 2.72. The first-order valence-corrected chi connectivity index (χ1v) is 9.63. The van der Waals surface area contributed by atoms with Crippen LogP contribution in [0.15, 0.2) is 70.7 Å². The molecule has 5 heteroatoms. The summed E-state index contributed by atoms with van der Waals surface area (Å²) in [4.78, 5) is 22.7. The number of hydrogen-bond acceptors (Lipinski definition) is 4. The first-order valence-electron chi connectivity index (χ1n) is 8.82. The lowest BCUT2D eigenvalue weighted by Gasteiger charge is -2.24. The van der Waals surface area contributed by atoms with Crippen LogP contribution in [0.25, 0.3) is 0 Å². The maximum atomic E-state index is 12.7. The van der Waals surface area contributed by atoms with Gasteiger partial charge < -0.3 is 5.32 Å². The summed E-state index contributed by atoms with van der Waals surface area (Å²) in [6, 6.07) is 19.5. The average molecular weight is 378 g/mol. The number of aromatic nitrogens is 2. The molecule has 0 saturated carbocycles. The molecule has 0 bridgehead atoms. The van der Waals surface area contributed by atoms with Gasteiger partial charge in [0.05, 0.1) is 5.41 Å². The zero-order chi connectivity index (χ0) is 19.4. The zero-order valence-corrected chi connectivity index (χ0v) is 16.8. The van der Waals surface area contributed by atoms with Crippen molar-refractivity contribution in [2.45, 2.75) is 43.2 Å². The maximum Gasteiger partial charge on any atom is 0.234 e. The highest BCUT2D eigenvalue weighted by molar-refractivity contribution is 7.99. The average Bonchev–Trinajstić information content (AvgIpc) is 2.63. The second-order valence-electron chi connectivity index (χ2n) is 7.00. The number of nitrogens with one attached hydrogen (secondary N) is 1. The molecule has 0 aliphatic carbocycles. The number of rotatable bonds is 5. The molecule has 1 N–H and O–H groups in total. The van der Waals surface area contributed by atoms with E-state index < -0.39 is 5.41 Å². The first-order chi connectivity index (χ1) is 12.8. The lowest BCUT2D eigenvalue weighted by molar-refractivity contribution is -0.120. The number of anilines is 1. The standard InChI is InChI=1S/C22H23N3OS/c1-15-14-16(2)24-21(23-15)27-19-12-10-18(11-13-19)25-20(26)22(3,4)17-8-6-5-7-9-17/h5-14H,1-4H3,(H,25,26). The van der Waals surface area contributed by atoms with Crippen LogP contribution in [0.5, 0.6) is 0 Å². The highest BCUT2D eigenvalue weighted by Crippen LogP contribution is 2.28. The van der Waals surface area contributed by atoms with Crippen molar-refractivity contribution in [3.63, 3.8) is 0 Å². The molecule has 1 aromatic heterocycles. The van der Waals surface area contributed by atoms with E-state index in [0.29, 0.717) is 0 Å². The summed E-state index contributed by atoms with van der Waals surface area (Å²) in [6.07, 6.45) is 0. The van der Waals surface area contributed by atoms with Gasteiger partial charge in [-0.15, -0.1) is 0 Å². The van der Waals surface area contributed by atoms with Crippen molar-refractivity contribution in [3.8, 4) is 0 Å². The van der Waals surface area contributed by atoms with E-state index in [1.54, 1.807) is 0 Å². The Bertz CT molecular complexity index is 917. The lowest BCUT2D eigenvalue weighted by atomic mass is 9.83. The third-order valence-corrected chi connectivity index (χ3v) is 5.22. The summed E-state index contributed by atoms with van der Waals surface area (Å²) in [5.41, 5.74) is 3.06. The largest absolute Gasteiger partial charge is 0.325 e. The molecule has 0 aliphatic rings. The molecule has 2 aromatic carbocycles. The Balaban J connectivity index is 1.69. The normalized spacial score (nSPS) is 11.3. The number of aryl methyl sites for hydroxylation is 2. The summed E-state index contributed by atoms with van der Waals surface area (Å²) >= 11 is 1.51. The van der Waals surface area contributed by atoms with Crippen LogP contribution >= 0.6 is 11.8 Å². The summed E-state index contributed by atoms with van der Waals surface area (Å²) in [5, 5.41) is 3.74. The fraction of sp³-hybridized carbons (Fsp3) is 0.227. The molecule has 0 radical (unpaired) electrons. The maximum absolute atomic E-state index is 12.7. The number of carbonyl (C=O) groups is 1. The Hall–Kier alpha value is -2.66. The van der Waals surface area contributed by atoms with Gasteiger partial charge in [-0.3, -0.25) is 4.79 Å². The van der Waals surface area contributed by atoms with Gasteiger partial charge >= 0.3 is 0 Å². The van der Waals surface area contributed by atoms with Crippen LogP contribution < -0.4 is 5.32 Å². The number of benzene rings is 2. The van der Waals surface area contributed by atoms with E-state index in [-0.39, 0.29) is 5.91 Å². The van der Waals surface area contributed by atoms with Crippen LogP contribution in [-0.2, 0) is 10.2 Å². The molecule has 27 heavy (non-hydrogen) atoms. The van der Waals surface area contributed by atoms with Gasteiger partial charge in [0.2, 0.25) is 5.91 Å². The molecule has 0 aliphatic heterocycles. The topological polar surface area (TPSA) is 54.9 Å². The highest BCUT2D eigenvalue weighted by atomic mass is 32.2. The first kappa shape index (κ1) is 19.1. The van der Waals surface area contributed by atoms with Crippen molar-refractivity contribution in [2.75, 3.05) is 5.32 Å². The molecule has 3 aromatic rings. The zero-order valence-electron chi connectivity index (χ0n) is 16.0. The van der Waals surface area contributed by atoms with Gasteiger partial charge in [0, 0.05) is 22.0 Å². The summed E-state index contributed by atoms with van der Waals surface area (Å²) in [5.74, 6) is -0.0354. The van der Waals surface area contributed by atoms with Gasteiger partial charge in [-0.25, -0.2) is 9.97 Å². The predicted octanol–water partition coefficient (Wildman–Crippen LogP) is 5.16. The van der Waals surface area contributed by atoms with Crippen LogP contribution in [0.4, 0.5) is 5.69 Å². The molecule has 4 nitrogen and oxygen atoms in total. The van der Waals surface area contributed by atoms with E-state index in [0.717, 1.165) is 32.7 Å². The molecule has 1 amide bonds. The number of carbonyl (C=O) groups excluding carboxylic acids is 1. The van der Waals surface area contributed by atoms with E-state index >= 15 is 0 Å². The van der Waals surface area contributed by atoms with Gasteiger partial charge in [-0.1, -0.05) is 30.3 Å². The minimum Gasteiger partial charge on any atom is -0.325 e. The van der Waals surface area contributed by atoms with E-state index in [4.69, 9.17) is 0 Å². The third-order valence-electron chi connectivity index (χ3n) is 4.35. The molecule has 0 fully saturated rings. The molecular weight excluding hydrogens is 354 g/mol. The van der Waals surface area contributed by atoms with Crippen molar-refractivity contribution < 1.29 is 4.79 Å². The quantitative estimate of drug-likeness (QED) is 0.624. The van der Waals surface area contributed by atoms with E-state index in [2.05, 4.69) is 15.3 Å². The van der Waals surface area contributed by atoms with Crippen molar-refractivity contribution in [1.82, 2.24) is 9.97 Å². The van der Waals surface area contributed by atoms with E-state index in [1.165, 1.54) is 11.8 Å². The molecule has 0 spiro atoms. The predicted molar refractivity (Wildman–Crippen MR) is 110 cm³/mol. The van der Waals surface area contributed by atoms with Crippen LogP contribution in [0.3, 0.4) is 0 Å². The fourth-order valence-corrected chi connectivity index (χ4v) is 3.59. The van der Waals surface area contributed by atoms with Crippen molar-refractivity contribution in [2.24, 2.45) is 0 Å². The van der Waals surface area contributed by atoms with Crippen molar-refractivity contribution in [3.05, 3.63) is 77.6 Å². The third kappa shape index (κ3) is 4.74. The second kappa shape index (κ2) is 7.92. The smallest absolute Gasteiger partial charge is 0.234 e. The van der Waals surface area contributed by atoms with Gasteiger partial charge in [0.25, 0.3) is 0 Å². The highest BCUT2D eigenvalue weighted by Gasteiger charge is 2.29. The molecule has 0 unspecified atom stereocenters. The Kier molecular flexibility index (Phi) is 5.61. The second-order valence-corrected chi connectivity index (χ2v) is 8.05. The van der Waals surface area contributed by atoms with E-state index in [9.17, 15) is 4.79 Å². The number of nitrogens with zero attached hydrogens (tertiary/aromatic N) is 2. The van der Waals surface area contributed by atoms with Crippen LogP contribution in [0.2, 0.25) is 0 Å². The minimum absolute atomic E-state index is 0.0354. The van der Waals surface area contributed by atoms with Crippen molar-refractivity contribution >= 4 is 23.4 Å². The minimum atomic E-state index is -0.610. The number of amides is 1. The number of hydrogen-bond donors (Lipinski definition) is 1. The Morgan fingerprint density at radius 2 is 1.52 bits per heavy atom. The van der Waals surface area contributed by atoms with Gasteiger partial charge in [0.15, 0.2) is 5.16 Å². The summed E-state index contributed by atoms with van der Waals surface area (Å²) < 4.78 is 0.